The molecule has 1 N–H and O–H groups in total. The summed E-state index contributed by atoms with van der Waals surface area (Å²) in [6.45, 7) is 3.29. The number of carboxylic acid groups (broad SMARTS) is 1. The fraction of sp³-hybridized carbons (Fsp3) is 0.400. The Morgan fingerprint density at radius 2 is 2.05 bits per heavy atom. The van der Waals surface area contributed by atoms with Crippen LogP contribution in [0.1, 0.15) is 18.5 Å². The Bertz CT molecular complexity index is 669. The van der Waals surface area contributed by atoms with E-state index >= 15 is 0 Å². The van der Waals surface area contributed by atoms with Crippen LogP contribution in [0.2, 0.25) is 0 Å². The van der Waals surface area contributed by atoms with Crippen molar-refractivity contribution in [1.29, 1.82) is 0 Å². The van der Waals surface area contributed by atoms with Gasteiger partial charge in [-0.1, -0.05) is 0 Å². The maximum Gasteiger partial charge on any atom is 0.306 e. The van der Waals surface area contributed by atoms with Crippen molar-refractivity contribution in [3.63, 3.8) is 0 Å². The lowest BCUT2D eigenvalue weighted by molar-refractivity contribution is -0.142. The summed E-state index contributed by atoms with van der Waals surface area (Å²) in [6.07, 6.45) is 6.13. The van der Waals surface area contributed by atoms with Crippen LogP contribution >= 0.6 is 0 Å². The first-order valence-corrected chi connectivity index (χ1v) is 7.23. The summed E-state index contributed by atoms with van der Waals surface area (Å²) < 4.78 is 0. The molecular formula is C15H17N5O2. The minimum absolute atomic E-state index is 0.251. The molecule has 0 unspecified atom stereocenters. The average Bonchev–Trinajstić information content (AvgIpc) is 2.55. The van der Waals surface area contributed by atoms with Crippen LogP contribution in [0.3, 0.4) is 0 Å². The number of hydrogen-bond donors (Lipinski definition) is 1. The molecule has 0 spiro atoms. The molecule has 1 saturated heterocycles. The predicted octanol–water partition coefficient (Wildman–Crippen LogP) is 1.54. The van der Waals surface area contributed by atoms with Gasteiger partial charge in [0.1, 0.15) is 11.5 Å². The number of nitrogens with zero attached hydrogens (tertiary/aromatic N) is 5. The van der Waals surface area contributed by atoms with Crippen LogP contribution in [0.25, 0.3) is 11.5 Å². The zero-order valence-electron chi connectivity index (χ0n) is 12.3. The van der Waals surface area contributed by atoms with Gasteiger partial charge in [-0.05, 0) is 19.8 Å². The summed E-state index contributed by atoms with van der Waals surface area (Å²) in [6, 6.07) is 1.92. The quantitative estimate of drug-likeness (QED) is 0.919. The van der Waals surface area contributed by atoms with E-state index < -0.39 is 5.97 Å². The molecule has 3 rings (SSSR count). The predicted molar refractivity (Wildman–Crippen MR) is 80.4 cm³/mol. The van der Waals surface area contributed by atoms with E-state index in [-0.39, 0.29) is 5.92 Å². The summed E-state index contributed by atoms with van der Waals surface area (Å²) in [7, 11) is 0. The molecule has 0 radical (unpaired) electrons. The maximum atomic E-state index is 11.0. The molecule has 0 atom stereocenters. The standard InChI is InChI=1S/C15H17N5O2/c1-10-8-13(20-6-2-11(3-7-20)15(21)22)19-14(18-10)12-9-16-4-5-17-12/h4-5,8-9,11H,2-3,6-7H2,1H3,(H,21,22). The van der Waals surface area contributed by atoms with Gasteiger partial charge in [-0.15, -0.1) is 0 Å². The molecule has 0 bridgehead atoms. The fourth-order valence-corrected chi connectivity index (χ4v) is 2.60. The van der Waals surface area contributed by atoms with Gasteiger partial charge < -0.3 is 10.0 Å². The molecule has 1 fully saturated rings. The number of carboxylic acids is 1. The van der Waals surface area contributed by atoms with Crippen LogP contribution in [0, 0.1) is 12.8 Å². The summed E-state index contributed by atoms with van der Waals surface area (Å²) in [4.78, 5) is 30.4. The summed E-state index contributed by atoms with van der Waals surface area (Å²) in [5.41, 5.74) is 1.49. The highest BCUT2D eigenvalue weighted by Crippen LogP contribution is 2.24. The number of aromatic nitrogens is 4. The van der Waals surface area contributed by atoms with E-state index in [1.807, 2.05) is 13.0 Å². The average molecular weight is 299 g/mol. The van der Waals surface area contributed by atoms with Crippen LogP contribution < -0.4 is 4.90 Å². The second-order valence-corrected chi connectivity index (χ2v) is 5.38. The van der Waals surface area contributed by atoms with Crippen molar-refractivity contribution in [2.45, 2.75) is 19.8 Å². The van der Waals surface area contributed by atoms with Crippen LogP contribution in [-0.2, 0) is 4.79 Å². The minimum Gasteiger partial charge on any atom is -0.481 e. The third-order valence-corrected chi connectivity index (χ3v) is 3.80. The third-order valence-electron chi connectivity index (χ3n) is 3.80. The topological polar surface area (TPSA) is 92.1 Å². The molecule has 22 heavy (non-hydrogen) atoms. The molecule has 0 saturated carbocycles. The van der Waals surface area contributed by atoms with Crippen LogP contribution in [0.4, 0.5) is 5.82 Å². The second kappa shape index (κ2) is 6.05. The molecular weight excluding hydrogens is 282 g/mol. The Labute approximate surface area is 128 Å². The highest BCUT2D eigenvalue weighted by Gasteiger charge is 2.25. The van der Waals surface area contributed by atoms with Crippen molar-refractivity contribution >= 4 is 11.8 Å². The van der Waals surface area contributed by atoms with Crippen molar-refractivity contribution in [2.24, 2.45) is 5.92 Å². The van der Waals surface area contributed by atoms with Crippen LogP contribution in [0.15, 0.2) is 24.7 Å². The van der Waals surface area contributed by atoms with Gasteiger partial charge in [-0.25, -0.2) is 15.0 Å². The molecule has 114 valence electrons. The van der Waals surface area contributed by atoms with E-state index in [1.54, 1.807) is 18.6 Å². The van der Waals surface area contributed by atoms with Gasteiger partial charge in [0.15, 0.2) is 5.82 Å². The Morgan fingerprint density at radius 1 is 1.27 bits per heavy atom. The smallest absolute Gasteiger partial charge is 0.306 e. The van der Waals surface area contributed by atoms with Crippen molar-refractivity contribution in [3.8, 4) is 11.5 Å². The molecule has 3 heterocycles. The minimum atomic E-state index is -0.709. The Kier molecular flexibility index (Phi) is 3.95. The lowest BCUT2D eigenvalue weighted by Crippen LogP contribution is -2.36. The molecule has 0 amide bonds. The van der Waals surface area contributed by atoms with Crippen molar-refractivity contribution in [3.05, 3.63) is 30.4 Å². The third kappa shape index (κ3) is 3.03. The summed E-state index contributed by atoms with van der Waals surface area (Å²) in [5, 5.41) is 9.07. The number of rotatable bonds is 3. The monoisotopic (exact) mass is 299 g/mol. The van der Waals surface area contributed by atoms with Gasteiger partial charge in [0, 0.05) is 37.2 Å². The van der Waals surface area contributed by atoms with E-state index in [4.69, 9.17) is 5.11 Å². The Hall–Kier alpha value is -2.57. The first-order valence-electron chi connectivity index (χ1n) is 7.23. The number of carbonyl (C=O) groups is 1. The summed E-state index contributed by atoms with van der Waals surface area (Å²) >= 11 is 0. The first-order chi connectivity index (χ1) is 10.6. The molecule has 0 aromatic carbocycles. The molecule has 7 nitrogen and oxygen atoms in total. The lowest BCUT2D eigenvalue weighted by Gasteiger charge is -2.31. The molecule has 1 aliphatic rings. The van der Waals surface area contributed by atoms with Crippen molar-refractivity contribution in [1.82, 2.24) is 19.9 Å². The number of aryl methyl sites for hydroxylation is 1. The van der Waals surface area contributed by atoms with Gasteiger partial charge in [-0.2, -0.15) is 0 Å². The van der Waals surface area contributed by atoms with E-state index in [2.05, 4.69) is 24.8 Å². The van der Waals surface area contributed by atoms with Gasteiger partial charge >= 0.3 is 5.97 Å². The van der Waals surface area contributed by atoms with Gasteiger partial charge in [0.2, 0.25) is 0 Å². The number of aliphatic carboxylic acids is 1. The molecule has 2 aromatic rings. The van der Waals surface area contributed by atoms with E-state index in [9.17, 15) is 4.79 Å². The number of piperidine rings is 1. The summed E-state index contributed by atoms with van der Waals surface area (Å²) in [5.74, 6) is 0.401. The number of hydrogen-bond acceptors (Lipinski definition) is 6. The normalized spacial score (nSPS) is 15.8. The van der Waals surface area contributed by atoms with E-state index in [1.165, 1.54) is 0 Å². The zero-order chi connectivity index (χ0) is 15.5. The van der Waals surface area contributed by atoms with Crippen LogP contribution in [-0.4, -0.2) is 44.1 Å². The van der Waals surface area contributed by atoms with Crippen LogP contribution in [0.5, 0.6) is 0 Å². The fourth-order valence-electron chi connectivity index (χ4n) is 2.60. The Balaban J connectivity index is 1.83. The second-order valence-electron chi connectivity index (χ2n) is 5.38. The Morgan fingerprint density at radius 3 is 2.68 bits per heavy atom. The van der Waals surface area contributed by atoms with Gasteiger partial charge in [0.25, 0.3) is 0 Å². The highest BCUT2D eigenvalue weighted by molar-refractivity contribution is 5.70. The maximum absolute atomic E-state index is 11.0. The zero-order valence-corrected chi connectivity index (χ0v) is 12.3. The molecule has 7 heteroatoms. The SMILES string of the molecule is Cc1cc(N2CCC(C(=O)O)CC2)nc(-c2cnccn2)n1. The van der Waals surface area contributed by atoms with Gasteiger partial charge in [-0.3, -0.25) is 9.78 Å². The highest BCUT2D eigenvalue weighted by atomic mass is 16.4. The van der Waals surface area contributed by atoms with Gasteiger partial charge in [0.05, 0.1) is 12.1 Å². The van der Waals surface area contributed by atoms with E-state index in [0.717, 1.165) is 11.5 Å². The number of anilines is 1. The largest absolute Gasteiger partial charge is 0.481 e. The molecule has 0 aliphatic carbocycles. The lowest BCUT2D eigenvalue weighted by atomic mass is 9.97. The van der Waals surface area contributed by atoms with Crippen molar-refractivity contribution in [2.75, 3.05) is 18.0 Å². The first kappa shape index (κ1) is 14.4. The van der Waals surface area contributed by atoms with Crippen molar-refractivity contribution < 1.29 is 9.90 Å². The molecule has 1 aliphatic heterocycles. The van der Waals surface area contributed by atoms with E-state index in [0.29, 0.717) is 37.4 Å². The molecule has 2 aromatic heterocycles.